The molecule has 1 N–H and O–H groups in total. The molecular weight excluding hydrogens is 417 g/mol. The Bertz CT molecular complexity index is 1280. The monoisotopic (exact) mass is 430 g/mol. The molecule has 0 saturated heterocycles. The van der Waals surface area contributed by atoms with E-state index in [2.05, 4.69) is 20.1 Å². The van der Waals surface area contributed by atoms with Crippen molar-refractivity contribution < 1.29 is 31.9 Å². The van der Waals surface area contributed by atoms with Crippen molar-refractivity contribution >= 4 is 23.2 Å². The first kappa shape index (κ1) is 20.1. The van der Waals surface area contributed by atoms with E-state index < -0.39 is 23.7 Å². The van der Waals surface area contributed by atoms with E-state index in [0.29, 0.717) is 4.52 Å². The lowest BCUT2D eigenvalue weighted by Crippen LogP contribution is -2.17. The minimum atomic E-state index is -4.76. The van der Waals surface area contributed by atoms with Crippen LogP contribution in [0.1, 0.15) is 26.5 Å². The normalized spacial score (nSPS) is 11.5. The number of alkyl halides is 3. The van der Waals surface area contributed by atoms with Gasteiger partial charge in [0.15, 0.2) is 22.8 Å². The summed E-state index contributed by atoms with van der Waals surface area (Å²) < 4.78 is 51.1. The second-order valence-electron chi connectivity index (χ2n) is 6.29. The summed E-state index contributed by atoms with van der Waals surface area (Å²) in [5.74, 6) is -1.38. The summed E-state index contributed by atoms with van der Waals surface area (Å²) in [4.78, 5) is 28.6. The Morgan fingerprint density at radius 3 is 2.58 bits per heavy atom. The van der Waals surface area contributed by atoms with Crippen molar-refractivity contribution in [2.75, 3.05) is 12.4 Å². The Balaban J connectivity index is 1.76. The number of hydrogen-bond donors (Lipinski definition) is 1. The van der Waals surface area contributed by atoms with Crippen molar-refractivity contribution in [3.05, 3.63) is 71.7 Å². The topological polar surface area (TPSA) is 98.7 Å². The number of benzene rings is 1. The van der Waals surface area contributed by atoms with E-state index in [0.717, 1.165) is 12.1 Å². The van der Waals surface area contributed by atoms with E-state index in [-0.39, 0.29) is 34.0 Å². The molecule has 0 saturated carbocycles. The lowest BCUT2D eigenvalue weighted by atomic mass is 10.1. The first-order valence-electron chi connectivity index (χ1n) is 8.78. The summed E-state index contributed by atoms with van der Waals surface area (Å²) in [5.41, 5.74) is -1.51. The zero-order valence-corrected chi connectivity index (χ0v) is 15.8. The van der Waals surface area contributed by atoms with Gasteiger partial charge in [0.1, 0.15) is 5.69 Å². The third-order valence-electron chi connectivity index (χ3n) is 4.30. The van der Waals surface area contributed by atoms with Gasteiger partial charge in [-0.2, -0.15) is 18.3 Å². The highest BCUT2D eigenvalue weighted by Crippen LogP contribution is 2.32. The van der Waals surface area contributed by atoms with Crippen molar-refractivity contribution in [3.63, 3.8) is 0 Å². The van der Waals surface area contributed by atoms with Gasteiger partial charge in [0.2, 0.25) is 0 Å². The Hall–Kier alpha value is -4.15. The van der Waals surface area contributed by atoms with Gasteiger partial charge in [-0.1, -0.05) is 12.1 Å². The lowest BCUT2D eigenvalue weighted by Gasteiger charge is -2.10. The maximum atomic E-state index is 13.6. The number of carbonyl (C=O) groups is 2. The standard InChI is InChI=1S/C20H13F3N4O4/c1-30-19(29)11-5-2-3-6-12(11)25-18(28)14-10-17-24-13(15-7-4-8-31-15)9-16(20(21,22)23)27(17)26-14/h2-10H,1H3,(H,25,28). The number of rotatable bonds is 4. The zero-order chi connectivity index (χ0) is 22.2. The summed E-state index contributed by atoms with van der Waals surface area (Å²) in [7, 11) is 1.18. The van der Waals surface area contributed by atoms with Crippen LogP contribution in [0, 0.1) is 0 Å². The number of amides is 1. The fraction of sp³-hybridized carbons (Fsp3) is 0.100. The van der Waals surface area contributed by atoms with Crippen molar-refractivity contribution in [2.24, 2.45) is 0 Å². The van der Waals surface area contributed by atoms with Crippen LogP contribution in [0.25, 0.3) is 17.1 Å². The molecule has 0 spiro atoms. The van der Waals surface area contributed by atoms with E-state index in [1.54, 1.807) is 12.1 Å². The highest BCUT2D eigenvalue weighted by molar-refractivity contribution is 6.07. The molecule has 8 nitrogen and oxygen atoms in total. The van der Waals surface area contributed by atoms with E-state index in [4.69, 9.17) is 4.42 Å². The number of nitrogens with zero attached hydrogens (tertiary/aromatic N) is 3. The number of methoxy groups -OCH3 is 1. The number of anilines is 1. The van der Waals surface area contributed by atoms with Crippen LogP contribution in [0.3, 0.4) is 0 Å². The first-order chi connectivity index (χ1) is 14.8. The predicted octanol–water partition coefficient (Wildman–Crippen LogP) is 4.05. The molecule has 0 radical (unpaired) electrons. The Labute approximate surface area is 172 Å². The number of aromatic nitrogens is 3. The predicted molar refractivity (Wildman–Crippen MR) is 101 cm³/mol. The van der Waals surface area contributed by atoms with Gasteiger partial charge >= 0.3 is 12.1 Å². The van der Waals surface area contributed by atoms with Crippen LogP contribution in [-0.2, 0) is 10.9 Å². The molecule has 0 aliphatic carbocycles. The van der Waals surface area contributed by atoms with Gasteiger partial charge < -0.3 is 14.5 Å². The zero-order valence-electron chi connectivity index (χ0n) is 15.8. The van der Waals surface area contributed by atoms with Crippen LogP contribution < -0.4 is 5.32 Å². The maximum absolute atomic E-state index is 13.6. The first-order valence-corrected chi connectivity index (χ1v) is 8.78. The number of fused-ring (bicyclic) bond motifs is 1. The van der Waals surface area contributed by atoms with Gasteiger partial charge in [0.05, 0.1) is 24.6 Å². The molecule has 0 atom stereocenters. The highest BCUT2D eigenvalue weighted by atomic mass is 19.4. The van der Waals surface area contributed by atoms with Gasteiger partial charge in [-0.15, -0.1) is 0 Å². The van der Waals surface area contributed by atoms with Gasteiger partial charge in [0, 0.05) is 6.07 Å². The molecule has 0 aliphatic rings. The van der Waals surface area contributed by atoms with E-state index in [1.165, 1.54) is 37.6 Å². The van der Waals surface area contributed by atoms with Gasteiger partial charge in [-0.3, -0.25) is 4.79 Å². The molecule has 3 heterocycles. The molecule has 0 unspecified atom stereocenters. The average Bonchev–Trinajstić information content (AvgIpc) is 3.42. The quantitative estimate of drug-likeness (QED) is 0.491. The molecule has 158 valence electrons. The van der Waals surface area contributed by atoms with Crippen molar-refractivity contribution in [2.45, 2.75) is 6.18 Å². The molecule has 4 aromatic rings. The number of ether oxygens (including phenoxy) is 1. The van der Waals surface area contributed by atoms with Gasteiger partial charge in [-0.25, -0.2) is 14.3 Å². The third kappa shape index (κ3) is 3.84. The molecule has 31 heavy (non-hydrogen) atoms. The Morgan fingerprint density at radius 1 is 1.13 bits per heavy atom. The fourth-order valence-corrected chi connectivity index (χ4v) is 2.90. The molecule has 0 aliphatic heterocycles. The minimum Gasteiger partial charge on any atom is -0.465 e. The maximum Gasteiger partial charge on any atom is 0.433 e. The molecular formula is C20H13F3N4O4. The molecule has 0 bridgehead atoms. The number of nitrogens with one attached hydrogen (secondary N) is 1. The molecule has 1 amide bonds. The number of hydrogen-bond acceptors (Lipinski definition) is 6. The smallest absolute Gasteiger partial charge is 0.433 e. The number of carbonyl (C=O) groups excluding carboxylic acids is 2. The second-order valence-corrected chi connectivity index (χ2v) is 6.29. The van der Waals surface area contributed by atoms with Crippen molar-refractivity contribution in [3.8, 4) is 11.5 Å². The molecule has 1 aromatic carbocycles. The summed E-state index contributed by atoms with van der Waals surface area (Å²) in [6, 6.07) is 10.9. The summed E-state index contributed by atoms with van der Waals surface area (Å²) >= 11 is 0. The van der Waals surface area contributed by atoms with Crippen LogP contribution in [0.2, 0.25) is 0 Å². The van der Waals surface area contributed by atoms with Crippen LogP contribution >= 0.6 is 0 Å². The second kappa shape index (κ2) is 7.59. The largest absolute Gasteiger partial charge is 0.465 e. The SMILES string of the molecule is COC(=O)c1ccccc1NC(=O)c1cc2nc(-c3ccco3)cc(C(F)(F)F)n2n1. The number of furan rings is 1. The number of esters is 1. The van der Waals surface area contributed by atoms with Crippen molar-refractivity contribution in [1.29, 1.82) is 0 Å². The van der Waals surface area contributed by atoms with Gasteiger partial charge in [0.25, 0.3) is 5.91 Å². The highest BCUT2D eigenvalue weighted by Gasteiger charge is 2.36. The summed E-state index contributed by atoms with van der Waals surface area (Å²) in [5, 5.41) is 6.23. The average molecular weight is 430 g/mol. The molecule has 3 aromatic heterocycles. The third-order valence-corrected chi connectivity index (χ3v) is 4.30. The van der Waals surface area contributed by atoms with Crippen LogP contribution in [0.15, 0.2) is 59.2 Å². The van der Waals surface area contributed by atoms with Crippen LogP contribution in [0.5, 0.6) is 0 Å². The fourth-order valence-electron chi connectivity index (χ4n) is 2.90. The lowest BCUT2D eigenvalue weighted by molar-refractivity contribution is -0.142. The van der Waals surface area contributed by atoms with Gasteiger partial charge in [-0.05, 0) is 30.3 Å². The number of halogens is 3. The Kier molecular flexibility index (Phi) is 4.93. The Morgan fingerprint density at radius 2 is 1.90 bits per heavy atom. The van der Waals surface area contributed by atoms with Crippen LogP contribution in [0.4, 0.5) is 18.9 Å². The van der Waals surface area contributed by atoms with Crippen molar-refractivity contribution in [1.82, 2.24) is 14.6 Å². The van der Waals surface area contributed by atoms with E-state index in [1.807, 2.05) is 0 Å². The molecule has 4 rings (SSSR count). The van der Waals surface area contributed by atoms with Crippen LogP contribution in [-0.4, -0.2) is 33.6 Å². The minimum absolute atomic E-state index is 0.0623. The summed E-state index contributed by atoms with van der Waals surface area (Å²) in [6.45, 7) is 0. The van der Waals surface area contributed by atoms with E-state index in [9.17, 15) is 22.8 Å². The number of para-hydroxylation sites is 1. The van der Waals surface area contributed by atoms with E-state index >= 15 is 0 Å². The molecule has 11 heteroatoms. The summed E-state index contributed by atoms with van der Waals surface area (Å²) in [6.07, 6.45) is -3.46. The molecule has 0 fully saturated rings.